The van der Waals surface area contributed by atoms with E-state index in [9.17, 15) is 9.90 Å². The Bertz CT molecular complexity index is 1240. The van der Waals surface area contributed by atoms with Crippen LogP contribution in [-0.4, -0.2) is 55.6 Å². The fraction of sp³-hybridized carbons (Fsp3) is 0.250. The molecule has 2 aromatic carbocycles. The topological polar surface area (TPSA) is 84.1 Å². The number of benzene rings is 2. The molecule has 1 fully saturated rings. The summed E-state index contributed by atoms with van der Waals surface area (Å²) in [5, 5.41) is 19.0. The van der Waals surface area contributed by atoms with E-state index in [1.807, 2.05) is 59.6 Å². The number of fused-ring (bicyclic) bond motifs is 1. The van der Waals surface area contributed by atoms with Crippen LogP contribution in [0.3, 0.4) is 0 Å². The van der Waals surface area contributed by atoms with Crippen LogP contribution in [0.1, 0.15) is 22.3 Å². The van der Waals surface area contributed by atoms with E-state index in [2.05, 4.69) is 21.4 Å². The predicted octanol–water partition coefficient (Wildman–Crippen LogP) is 3.00. The molecule has 0 bridgehead atoms. The van der Waals surface area contributed by atoms with Crippen LogP contribution in [0.2, 0.25) is 0 Å². The highest BCUT2D eigenvalue weighted by Gasteiger charge is 2.27. The summed E-state index contributed by atoms with van der Waals surface area (Å²) in [6, 6.07) is 17.6. The minimum atomic E-state index is 0.00520. The van der Waals surface area contributed by atoms with Crippen molar-refractivity contribution in [2.45, 2.75) is 13.0 Å². The number of hydrogen-bond donors (Lipinski definition) is 1. The minimum Gasteiger partial charge on any atom is -0.396 e. The smallest absolute Gasteiger partial charge is 0.254 e. The molecule has 0 saturated carbocycles. The zero-order valence-electron chi connectivity index (χ0n) is 17.1. The molecule has 0 radical (unpaired) electrons. The van der Waals surface area contributed by atoms with Crippen LogP contribution >= 0.6 is 0 Å². The second-order valence-corrected chi connectivity index (χ2v) is 7.96. The van der Waals surface area contributed by atoms with E-state index in [0.29, 0.717) is 25.2 Å². The van der Waals surface area contributed by atoms with Crippen molar-refractivity contribution >= 4 is 16.8 Å². The monoisotopic (exact) mass is 413 g/mol. The normalized spacial score (nSPS) is 16.2. The second kappa shape index (κ2) is 8.28. The molecule has 1 aliphatic heterocycles. The molecule has 4 aromatic rings. The van der Waals surface area contributed by atoms with Gasteiger partial charge in [-0.3, -0.25) is 9.78 Å². The van der Waals surface area contributed by atoms with E-state index in [-0.39, 0.29) is 18.4 Å². The molecule has 156 valence electrons. The van der Waals surface area contributed by atoms with Crippen LogP contribution in [0.15, 0.2) is 67.0 Å². The first-order valence-corrected chi connectivity index (χ1v) is 10.4. The van der Waals surface area contributed by atoms with Gasteiger partial charge in [-0.15, -0.1) is 5.10 Å². The molecule has 2 aromatic heterocycles. The van der Waals surface area contributed by atoms with Crippen LogP contribution in [0, 0.1) is 5.92 Å². The predicted molar refractivity (Wildman–Crippen MR) is 117 cm³/mol. The number of hydrogen-bond acceptors (Lipinski definition) is 5. The van der Waals surface area contributed by atoms with Gasteiger partial charge in [-0.25, -0.2) is 4.68 Å². The third-order valence-electron chi connectivity index (χ3n) is 5.84. The highest BCUT2D eigenvalue weighted by molar-refractivity contribution is 5.95. The average molecular weight is 413 g/mol. The van der Waals surface area contributed by atoms with Gasteiger partial charge in [-0.05, 0) is 30.2 Å². The Kier molecular flexibility index (Phi) is 5.18. The van der Waals surface area contributed by atoms with E-state index >= 15 is 0 Å². The lowest BCUT2D eigenvalue weighted by atomic mass is 10.1. The van der Waals surface area contributed by atoms with Crippen molar-refractivity contribution in [2.75, 3.05) is 19.7 Å². The Labute approximate surface area is 180 Å². The summed E-state index contributed by atoms with van der Waals surface area (Å²) < 4.78 is 1.75. The molecule has 1 aliphatic rings. The Morgan fingerprint density at radius 2 is 1.97 bits per heavy atom. The first-order valence-electron chi connectivity index (χ1n) is 10.4. The lowest BCUT2D eigenvalue weighted by molar-refractivity contribution is 0.0780. The molecule has 31 heavy (non-hydrogen) atoms. The molecule has 1 N–H and O–H groups in total. The molecule has 0 aliphatic carbocycles. The third-order valence-corrected chi connectivity index (χ3v) is 5.84. The number of aliphatic hydroxyl groups is 1. The van der Waals surface area contributed by atoms with E-state index in [1.165, 1.54) is 0 Å². The third kappa shape index (κ3) is 3.92. The van der Waals surface area contributed by atoms with Gasteiger partial charge in [0.15, 0.2) is 0 Å². The number of likely N-dealkylation sites (tertiary alicyclic amines) is 1. The fourth-order valence-corrected chi connectivity index (χ4v) is 4.10. The number of pyridine rings is 1. The summed E-state index contributed by atoms with van der Waals surface area (Å²) in [5.41, 5.74) is 4.16. The number of rotatable bonds is 5. The van der Waals surface area contributed by atoms with E-state index in [1.54, 1.807) is 10.9 Å². The Hall–Kier alpha value is -3.58. The molecule has 1 atom stereocenters. The van der Waals surface area contributed by atoms with Gasteiger partial charge in [0.2, 0.25) is 0 Å². The van der Waals surface area contributed by atoms with Crippen LogP contribution < -0.4 is 0 Å². The van der Waals surface area contributed by atoms with Crippen molar-refractivity contribution in [3.63, 3.8) is 0 Å². The maximum atomic E-state index is 13.1. The van der Waals surface area contributed by atoms with E-state index in [4.69, 9.17) is 0 Å². The van der Waals surface area contributed by atoms with Gasteiger partial charge in [0.1, 0.15) is 5.69 Å². The Morgan fingerprint density at radius 3 is 2.84 bits per heavy atom. The number of amides is 1. The van der Waals surface area contributed by atoms with E-state index in [0.717, 1.165) is 34.1 Å². The van der Waals surface area contributed by atoms with Gasteiger partial charge in [0.05, 0.1) is 18.3 Å². The lowest BCUT2D eigenvalue weighted by Gasteiger charge is -2.18. The van der Waals surface area contributed by atoms with Gasteiger partial charge in [0.25, 0.3) is 5.91 Å². The Morgan fingerprint density at radius 1 is 1.13 bits per heavy atom. The fourth-order valence-electron chi connectivity index (χ4n) is 4.10. The van der Waals surface area contributed by atoms with Crippen LogP contribution in [0.5, 0.6) is 0 Å². The Balaban J connectivity index is 1.37. The summed E-state index contributed by atoms with van der Waals surface area (Å²) in [6.07, 6.45) is 4.53. The van der Waals surface area contributed by atoms with E-state index < -0.39 is 0 Å². The minimum absolute atomic E-state index is 0.00520. The van der Waals surface area contributed by atoms with Crippen molar-refractivity contribution in [3.8, 4) is 11.3 Å². The number of aliphatic hydroxyl groups excluding tert-OH is 1. The highest BCUT2D eigenvalue weighted by Crippen LogP contribution is 2.23. The van der Waals surface area contributed by atoms with Gasteiger partial charge >= 0.3 is 0 Å². The van der Waals surface area contributed by atoms with Gasteiger partial charge in [-0.1, -0.05) is 41.6 Å². The number of carbonyl (C=O) groups excluding carboxylic acids is 1. The molecule has 3 heterocycles. The molecule has 5 rings (SSSR count). The summed E-state index contributed by atoms with van der Waals surface area (Å²) in [7, 11) is 0. The SMILES string of the molecule is O=C(c1ccccc1Cn1cc(-c2cnc3ccccc3c2)nn1)N1CCC(CO)C1. The number of para-hydroxylation sites is 1. The first kappa shape index (κ1) is 19.4. The summed E-state index contributed by atoms with van der Waals surface area (Å²) in [5.74, 6) is 0.176. The maximum Gasteiger partial charge on any atom is 0.254 e. The van der Waals surface area contributed by atoms with Crippen LogP contribution in [0.25, 0.3) is 22.2 Å². The molecular weight excluding hydrogens is 390 g/mol. The van der Waals surface area contributed by atoms with Crippen molar-refractivity contribution in [3.05, 3.63) is 78.1 Å². The zero-order valence-corrected chi connectivity index (χ0v) is 17.1. The van der Waals surface area contributed by atoms with Gasteiger partial charge in [0, 0.05) is 48.3 Å². The molecule has 1 saturated heterocycles. The highest BCUT2D eigenvalue weighted by atomic mass is 16.3. The van der Waals surface area contributed by atoms with Crippen molar-refractivity contribution in [1.82, 2.24) is 24.9 Å². The van der Waals surface area contributed by atoms with Gasteiger partial charge in [-0.2, -0.15) is 0 Å². The van der Waals surface area contributed by atoms with Gasteiger partial charge < -0.3 is 10.0 Å². The second-order valence-electron chi connectivity index (χ2n) is 7.96. The maximum absolute atomic E-state index is 13.1. The largest absolute Gasteiger partial charge is 0.396 e. The number of aromatic nitrogens is 4. The quantitative estimate of drug-likeness (QED) is 0.544. The molecule has 1 amide bonds. The summed E-state index contributed by atoms with van der Waals surface area (Å²) >= 11 is 0. The number of carbonyl (C=O) groups is 1. The standard InChI is InChI=1S/C24H23N5O2/c30-16-17-9-10-28(13-17)24(31)21-7-3-1-6-19(21)14-29-15-23(26-27-29)20-11-18-5-2-4-8-22(18)25-12-20/h1-8,11-12,15,17,30H,9-10,13-14,16H2. The molecular formula is C24H23N5O2. The van der Waals surface area contributed by atoms with Crippen molar-refractivity contribution < 1.29 is 9.90 Å². The van der Waals surface area contributed by atoms with Crippen LogP contribution in [0.4, 0.5) is 0 Å². The zero-order chi connectivity index (χ0) is 21.2. The summed E-state index contributed by atoms with van der Waals surface area (Å²) in [6.45, 7) is 1.86. The number of nitrogens with zero attached hydrogens (tertiary/aromatic N) is 5. The molecule has 7 nitrogen and oxygen atoms in total. The molecule has 7 heteroatoms. The van der Waals surface area contributed by atoms with Crippen LogP contribution in [-0.2, 0) is 6.54 Å². The van der Waals surface area contributed by atoms with Crippen molar-refractivity contribution in [2.24, 2.45) is 5.92 Å². The first-order chi connectivity index (χ1) is 15.2. The molecule has 1 unspecified atom stereocenters. The lowest BCUT2D eigenvalue weighted by Crippen LogP contribution is -2.30. The summed E-state index contributed by atoms with van der Waals surface area (Å²) in [4.78, 5) is 19.4. The van der Waals surface area contributed by atoms with Crippen molar-refractivity contribution in [1.29, 1.82) is 0 Å². The average Bonchev–Trinajstić information content (AvgIpc) is 3.48. The molecule has 0 spiro atoms.